The van der Waals surface area contributed by atoms with Crippen LogP contribution in [0.25, 0.3) is 21.2 Å². The van der Waals surface area contributed by atoms with Crippen molar-refractivity contribution < 1.29 is 22.4 Å². The summed E-state index contributed by atoms with van der Waals surface area (Å²) in [5, 5.41) is 6.17. The molecular weight excluding hydrogens is 564 g/mol. The number of para-hydroxylation sites is 1. The highest BCUT2D eigenvalue weighted by Gasteiger charge is 2.27. The molecule has 1 fully saturated rings. The van der Waals surface area contributed by atoms with Gasteiger partial charge in [-0.25, -0.2) is 13.4 Å². The molecule has 5 aromatic rings. The van der Waals surface area contributed by atoms with Gasteiger partial charge >= 0.3 is 0 Å². The van der Waals surface area contributed by atoms with Gasteiger partial charge in [0.25, 0.3) is 5.91 Å². The number of thiazole rings is 1. The van der Waals surface area contributed by atoms with Crippen molar-refractivity contribution in [1.82, 2.24) is 9.29 Å². The van der Waals surface area contributed by atoms with Crippen LogP contribution in [0.2, 0.25) is 0 Å². The number of aryl methyl sites for hydroxylation is 1. The first kappa shape index (κ1) is 27.0. The van der Waals surface area contributed by atoms with Crippen molar-refractivity contribution in [3.8, 4) is 0 Å². The van der Waals surface area contributed by atoms with Crippen LogP contribution in [-0.2, 0) is 14.8 Å². The van der Waals surface area contributed by atoms with Gasteiger partial charge in [0.2, 0.25) is 20.6 Å². The van der Waals surface area contributed by atoms with E-state index in [0.717, 1.165) is 15.3 Å². The molecule has 0 radical (unpaired) electrons. The van der Waals surface area contributed by atoms with E-state index in [4.69, 9.17) is 9.15 Å². The molecule has 3 heterocycles. The molecule has 208 valence electrons. The highest BCUT2D eigenvalue weighted by molar-refractivity contribution is 7.89. The lowest BCUT2D eigenvalue weighted by Gasteiger charge is -2.26. The SMILES string of the molecule is Cc1ccc2nc(N(/N=C/c3coc4ccccc4c3=O)C(=O)c3ccc(S(=O)(=O)N4CCOCC4)cc3)sc2c1. The second-order valence-electron chi connectivity index (χ2n) is 9.39. The zero-order valence-electron chi connectivity index (χ0n) is 21.9. The molecule has 0 spiro atoms. The van der Waals surface area contributed by atoms with E-state index in [2.05, 4.69) is 10.1 Å². The quantitative estimate of drug-likeness (QED) is 0.213. The minimum Gasteiger partial charge on any atom is -0.463 e. The molecule has 1 amide bonds. The van der Waals surface area contributed by atoms with E-state index in [0.29, 0.717) is 34.8 Å². The molecule has 0 atom stereocenters. The first-order valence-electron chi connectivity index (χ1n) is 12.8. The van der Waals surface area contributed by atoms with Gasteiger partial charge in [-0.1, -0.05) is 29.5 Å². The zero-order chi connectivity index (χ0) is 28.6. The fourth-order valence-electron chi connectivity index (χ4n) is 4.43. The number of amides is 1. The molecule has 2 aromatic heterocycles. The fourth-order valence-corrected chi connectivity index (χ4v) is 6.86. The third kappa shape index (κ3) is 5.30. The Kier molecular flexibility index (Phi) is 7.22. The standard InChI is InChI=1S/C29H24N4O6S2/c1-19-6-11-24-26(16-19)40-29(31-24)33(30-17-21-18-39-25-5-3-2-4-23(25)27(21)34)28(35)20-7-9-22(10-8-20)41(36,37)32-12-14-38-15-13-32/h2-11,16-18H,12-15H2,1H3/b30-17+. The van der Waals surface area contributed by atoms with Gasteiger partial charge in [0.05, 0.1) is 45.5 Å². The smallest absolute Gasteiger partial charge is 0.280 e. The van der Waals surface area contributed by atoms with Crippen molar-refractivity contribution in [2.24, 2.45) is 5.10 Å². The van der Waals surface area contributed by atoms with E-state index in [1.807, 2.05) is 25.1 Å². The van der Waals surface area contributed by atoms with Crippen molar-refractivity contribution in [2.75, 3.05) is 31.3 Å². The summed E-state index contributed by atoms with van der Waals surface area (Å²) >= 11 is 1.27. The van der Waals surface area contributed by atoms with Crippen LogP contribution in [0.4, 0.5) is 5.13 Å². The number of sulfonamides is 1. The molecule has 1 aliphatic heterocycles. The van der Waals surface area contributed by atoms with E-state index in [1.54, 1.807) is 24.3 Å². The summed E-state index contributed by atoms with van der Waals surface area (Å²) in [7, 11) is -3.72. The maximum atomic E-state index is 13.8. The third-order valence-corrected chi connectivity index (χ3v) is 9.54. The molecule has 1 saturated heterocycles. The van der Waals surface area contributed by atoms with Gasteiger partial charge in [-0.2, -0.15) is 14.4 Å². The topological polar surface area (TPSA) is 122 Å². The van der Waals surface area contributed by atoms with Crippen LogP contribution >= 0.6 is 11.3 Å². The first-order valence-corrected chi connectivity index (χ1v) is 15.0. The van der Waals surface area contributed by atoms with Crippen molar-refractivity contribution in [3.63, 3.8) is 0 Å². The lowest BCUT2D eigenvalue weighted by Crippen LogP contribution is -2.40. The number of rotatable bonds is 6. The number of fused-ring (bicyclic) bond motifs is 2. The molecule has 0 aliphatic carbocycles. The van der Waals surface area contributed by atoms with E-state index in [9.17, 15) is 18.0 Å². The summed E-state index contributed by atoms with van der Waals surface area (Å²) in [6.45, 7) is 3.17. The van der Waals surface area contributed by atoms with Crippen molar-refractivity contribution in [1.29, 1.82) is 0 Å². The molecule has 41 heavy (non-hydrogen) atoms. The van der Waals surface area contributed by atoms with Crippen molar-refractivity contribution in [3.05, 3.63) is 99.9 Å². The number of hydrogen-bond acceptors (Lipinski definition) is 9. The monoisotopic (exact) mass is 588 g/mol. The number of ether oxygens (including phenoxy) is 1. The van der Waals surface area contributed by atoms with Crippen LogP contribution < -0.4 is 10.4 Å². The predicted octanol–water partition coefficient (Wildman–Crippen LogP) is 4.41. The van der Waals surface area contributed by atoms with Gasteiger partial charge < -0.3 is 9.15 Å². The second-order valence-corrected chi connectivity index (χ2v) is 12.3. The van der Waals surface area contributed by atoms with E-state index >= 15 is 0 Å². The molecule has 12 heteroatoms. The summed E-state index contributed by atoms with van der Waals surface area (Å²) in [5.41, 5.74) is 2.24. The maximum absolute atomic E-state index is 13.8. The maximum Gasteiger partial charge on any atom is 0.280 e. The number of hydrazone groups is 1. The zero-order valence-corrected chi connectivity index (χ0v) is 23.5. The van der Waals surface area contributed by atoms with Crippen LogP contribution in [0.1, 0.15) is 21.5 Å². The number of carbonyl (C=O) groups excluding carboxylic acids is 1. The minimum absolute atomic E-state index is 0.0789. The Morgan fingerprint density at radius 3 is 2.61 bits per heavy atom. The van der Waals surface area contributed by atoms with Gasteiger partial charge in [0.1, 0.15) is 11.8 Å². The normalized spacial score (nSPS) is 14.7. The molecule has 0 bridgehead atoms. The highest BCUT2D eigenvalue weighted by Crippen LogP contribution is 2.31. The van der Waals surface area contributed by atoms with Gasteiger partial charge in [0, 0.05) is 18.7 Å². The first-order chi connectivity index (χ1) is 19.8. The summed E-state index contributed by atoms with van der Waals surface area (Å²) < 4.78 is 39.2. The van der Waals surface area contributed by atoms with Crippen LogP contribution in [0.3, 0.4) is 0 Å². The van der Waals surface area contributed by atoms with Crippen molar-refractivity contribution in [2.45, 2.75) is 11.8 Å². The average Bonchev–Trinajstić information content (AvgIpc) is 3.41. The number of aromatic nitrogens is 1. The lowest BCUT2D eigenvalue weighted by molar-refractivity contribution is 0.0730. The van der Waals surface area contributed by atoms with E-state index < -0.39 is 15.9 Å². The Morgan fingerprint density at radius 2 is 1.83 bits per heavy atom. The van der Waals surface area contributed by atoms with E-state index in [1.165, 1.54) is 52.4 Å². The summed E-state index contributed by atoms with van der Waals surface area (Å²) in [5.74, 6) is -0.544. The van der Waals surface area contributed by atoms with Crippen LogP contribution in [0.15, 0.2) is 92.2 Å². The van der Waals surface area contributed by atoms with Crippen molar-refractivity contribution >= 4 is 59.8 Å². The van der Waals surface area contributed by atoms with Gasteiger partial charge in [0.15, 0.2) is 0 Å². The number of hydrogen-bond donors (Lipinski definition) is 0. The Hall–Kier alpha value is -4.23. The Balaban J connectivity index is 1.37. The Bertz CT molecular complexity index is 1960. The predicted molar refractivity (Wildman–Crippen MR) is 157 cm³/mol. The second kappa shape index (κ2) is 11.0. The van der Waals surface area contributed by atoms with Gasteiger partial charge in [-0.15, -0.1) is 0 Å². The molecule has 0 unspecified atom stereocenters. The van der Waals surface area contributed by atoms with Crippen LogP contribution in [0.5, 0.6) is 0 Å². The average molecular weight is 589 g/mol. The molecule has 0 N–H and O–H groups in total. The molecular formula is C29H24N4O6S2. The largest absolute Gasteiger partial charge is 0.463 e. The Labute approximate surface area is 239 Å². The molecule has 1 aliphatic rings. The van der Waals surface area contributed by atoms with E-state index in [-0.39, 0.29) is 34.5 Å². The molecule has 6 rings (SSSR count). The molecule has 10 nitrogen and oxygen atoms in total. The number of morpholine rings is 1. The number of anilines is 1. The highest BCUT2D eigenvalue weighted by atomic mass is 32.2. The van der Waals surface area contributed by atoms with Gasteiger partial charge in [-0.05, 0) is 61.0 Å². The summed E-state index contributed by atoms with van der Waals surface area (Å²) in [6.07, 6.45) is 2.56. The van der Waals surface area contributed by atoms with Gasteiger partial charge in [-0.3, -0.25) is 9.59 Å². The fraction of sp³-hybridized carbons (Fsp3) is 0.172. The lowest BCUT2D eigenvalue weighted by atomic mass is 10.2. The van der Waals surface area contributed by atoms with Crippen LogP contribution in [-0.4, -0.2) is 56.1 Å². The number of benzene rings is 3. The van der Waals surface area contributed by atoms with Crippen LogP contribution in [0, 0.1) is 6.92 Å². The molecule has 3 aromatic carbocycles. The third-order valence-electron chi connectivity index (χ3n) is 6.63. The minimum atomic E-state index is -3.72. The number of nitrogens with zero attached hydrogens (tertiary/aromatic N) is 4. The summed E-state index contributed by atoms with van der Waals surface area (Å²) in [6, 6.07) is 18.3. The number of carbonyl (C=O) groups is 1. The Morgan fingerprint density at radius 1 is 1.07 bits per heavy atom. The molecule has 0 saturated carbocycles. The summed E-state index contributed by atoms with van der Waals surface area (Å²) in [4.78, 5) is 31.5.